The molecule has 0 heterocycles. The Balaban J connectivity index is 2.08. The first kappa shape index (κ1) is 12.2. The summed E-state index contributed by atoms with van der Waals surface area (Å²) in [5.41, 5.74) is 0.0925. The highest BCUT2D eigenvalue weighted by Crippen LogP contribution is 2.09. The number of hydrogen-bond donors (Lipinski definition) is 2. The van der Waals surface area contributed by atoms with E-state index < -0.39 is 0 Å². The van der Waals surface area contributed by atoms with Gasteiger partial charge in [0.25, 0.3) is 0 Å². The van der Waals surface area contributed by atoms with Gasteiger partial charge in [-0.3, -0.25) is 4.79 Å². The molecule has 0 aliphatic heterocycles. The average molecular weight is 210 g/mol. The van der Waals surface area contributed by atoms with E-state index in [1.165, 1.54) is 0 Å². The van der Waals surface area contributed by atoms with E-state index >= 15 is 0 Å². The summed E-state index contributed by atoms with van der Waals surface area (Å²) in [5.74, 6) is 0.153. The van der Waals surface area contributed by atoms with Crippen LogP contribution in [0, 0.1) is 0 Å². The van der Waals surface area contributed by atoms with E-state index in [0.717, 1.165) is 19.4 Å². The Morgan fingerprint density at radius 3 is 2.47 bits per heavy atom. The molecule has 1 aliphatic carbocycles. The lowest BCUT2D eigenvalue weighted by atomic mass is 10.1. The second-order valence-electron chi connectivity index (χ2n) is 5.13. The van der Waals surface area contributed by atoms with Crippen molar-refractivity contribution >= 4 is 5.91 Å². The maximum Gasteiger partial charge on any atom is 0.221 e. The predicted octanol–water partition coefficient (Wildman–Crippen LogP) is 1.60. The summed E-state index contributed by atoms with van der Waals surface area (Å²) >= 11 is 0. The monoisotopic (exact) mass is 210 g/mol. The van der Waals surface area contributed by atoms with Gasteiger partial charge in [0.1, 0.15) is 0 Å². The molecule has 0 atom stereocenters. The minimum atomic E-state index is 0.0925. The molecule has 1 rings (SSSR count). The van der Waals surface area contributed by atoms with Gasteiger partial charge in [0, 0.05) is 24.5 Å². The number of carbonyl (C=O) groups excluding carboxylic acids is 1. The van der Waals surface area contributed by atoms with Crippen LogP contribution >= 0.6 is 0 Å². The van der Waals surface area contributed by atoms with Crippen LogP contribution in [0.4, 0.5) is 0 Å². The molecule has 0 saturated carbocycles. The molecule has 0 fully saturated rings. The van der Waals surface area contributed by atoms with Gasteiger partial charge in [0.2, 0.25) is 5.91 Å². The van der Waals surface area contributed by atoms with Crippen LogP contribution < -0.4 is 10.6 Å². The zero-order valence-corrected chi connectivity index (χ0v) is 9.97. The molecule has 0 aromatic carbocycles. The molecular formula is C12H22N2O. The molecule has 86 valence electrons. The normalized spacial score (nSPS) is 17.0. The zero-order chi connectivity index (χ0) is 11.3. The molecule has 0 saturated heterocycles. The van der Waals surface area contributed by atoms with Crippen LogP contribution in [-0.4, -0.2) is 24.0 Å². The van der Waals surface area contributed by atoms with Crippen molar-refractivity contribution in [3.8, 4) is 0 Å². The number of rotatable bonds is 4. The van der Waals surface area contributed by atoms with E-state index in [1.54, 1.807) is 0 Å². The fourth-order valence-corrected chi connectivity index (χ4v) is 1.59. The number of amides is 1. The summed E-state index contributed by atoms with van der Waals surface area (Å²) in [6.45, 7) is 7.05. The highest BCUT2D eigenvalue weighted by Gasteiger charge is 2.14. The molecule has 15 heavy (non-hydrogen) atoms. The van der Waals surface area contributed by atoms with Crippen LogP contribution in [0.15, 0.2) is 12.2 Å². The molecule has 0 bridgehead atoms. The van der Waals surface area contributed by atoms with Crippen LogP contribution in [0.5, 0.6) is 0 Å². The molecule has 3 heteroatoms. The Bertz CT molecular complexity index is 232. The average Bonchev–Trinajstić information content (AvgIpc) is 2.54. The van der Waals surface area contributed by atoms with Gasteiger partial charge in [-0.05, 0) is 33.6 Å². The molecule has 0 unspecified atom stereocenters. The van der Waals surface area contributed by atoms with Gasteiger partial charge in [0.15, 0.2) is 0 Å². The Morgan fingerprint density at radius 2 is 1.93 bits per heavy atom. The smallest absolute Gasteiger partial charge is 0.221 e. The van der Waals surface area contributed by atoms with E-state index in [2.05, 4.69) is 43.6 Å². The van der Waals surface area contributed by atoms with Crippen molar-refractivity contribution < 1.29 is 4.79 Å². The highest BCUT2D eigenvalue weighted by molar-refractivity contribution is 5.76. The summed E-state index contributed by atoms with van der Waals surface area (Å²) in [6.07, 6.45) is 6.78. The molecule has 0 aromatic rings. The van der Waals surface area contributed by atoms with Crippen LogP contribution in [0.3, 0.4) is 0 Å². The molecule has 0 spiro atoms. The standard InChI is InChI=1S/C12H22N2O/c1-12(2,3)13-9-8-11(15)14-10-6-4-5-7-10/h4-5,10,13H,6-9H2,1-3H3,(H,14,15). The fraction of sp³-hybridized carbons (Fsp3) is 0.750. The summed E-state index contributed by atoms with van der Waals surface area (Å²) in [5, 5.41) is 6.32. The SMILES string of the molecule is CC(C)(C)NCCC(=O)NC1CC=CC1. The van der Waals surface area contributed by atoms with Crippen molar-refractivity contribution in [2.45, 2.75) is 51.6 Å². The van der Waals surface area contributed by atoms with E-state index in [9.17, 15) is 4.79 Å². The van der Waals surface area contributed by atoms with Crippen molar-refractivity contribution in [2.75, 3.05) is 6.54 Å². The Morgan fingerprint density at radius 1 is 1.33 bits per heavy atom. The summed E-state index contributed by atoms with van der Waals surface area (Å²) in [7, 11) is 0. The Hall–Kier alpha value is -0.830. The second kappa shape index (κ2) is 5.31. The highest BCUT2D eigenvalue weighted by atomic mass is 16.1. The minimum Gasteiger partial charge on any atom is -0.353 e. The third kappa shape index (κ3) is 5.57. The summed E-state index contributed by atoms with van der Waals surface area (Å²) in [6, 6.07) is 0.340. The fourth-order valence-electron chi connectivity index (χ4n) is 1.59. The maximum atomic E-state index is 11.5. The lowest BCUT2D eigenvalue weighted by Crippen LogP contribution is -2.40. The first-order chi connectivity index (χ1) is 6.97. The van der Waals surface area contributed by atoms with Gasteiger partial charge in [0.05, 0.1) is 0 Å². The molecular weight excluding hydrogens is 188 g/mol. The zero-order valence-electron chi connectivity index (χ0n) is 9.97. The van der Waals surface area contributed by atoms with Gasteiger partial charge in [-0.2, -0.15) is 0 Å². The van der Waals surface area contributed by atoms with Crippen molar-refractivity contribution in [3.05, 3.63) is 12.2 Å². The number of nitrogens with one attached hydrogen (secondary N) is 2. The van der Waals surface area contributed by atoms with Crippen molar-refractivity contribution in [1.82, 2.24) is 10.6 Å². The Labute approximate surface area is 92.3 Å². The topological polar surface area (TPSA) is 41.1 Å². The van der Waals surface area contributed by atoms with Gasteiger partial charge in [-0.1, -0.05) is 12.2 Å². The molecule has 0 radical (unpaired) electrons. The molecule has 1 aliphatic rings. The van der Waals surface area contributed by atoms with Gasteiger partial charge >= 0.3 is 0 Å². The van der Waals surface area contributed by atoms with E-state index in [1.807, 2.05) is 0 Å². The van der Waals surface area contributed by atoms with Crippen LogP contribution in [0.2, 0.25) is 0 Å². The molecule has 3 nitrogen and oxygen atoms in total. The predicted molar refractivity (Wildman–Crippen MR) is 62.7 cm³/mol. The first-order valence-electron chi connectivity index (χ1n) is 5.67. The van der Waals surface area contributed by atoms with Gasteiger partial charge in [-0.25, -0.2) is 0 Å². The van der Waals surface area contributed by atoms with Crippen molar-refractivity contribution in [2.24, 2.45) is 0 Å². The lowest BCUT2D eigenvalue weighted by molar-refractivity contribution is -0.121. The molecule has 0 aromatic heterocycles. The largest absolute Gasteiger partial charge is 0.353 e. The quantitative estimate of drug-likeness (QED) is 0.692. The van der Waals surface area contributed by atoms with Crippen LogP contribution in [0.25, 0.3) is 0 Å². The van der Waals surface area contributed by atoms with E-state index in [4.69, 9.17) is 0 Å². The number of hydrogen-bond acceptors (Lipinski definition) is 2. The Kier molecular flexibility index (Phi) is 4.33. The summed E-state index contributed by atoms with van der Waals surface area (Å²) < 4.78 is 0. The number of carbonyl (C=O) groups is 1. The van der Waals surface area contributed by atoms with E-state index in [-0.39, 0.29) is 11.4 Å². The molecule has 2 N–H and O–H groups in total. The van der Waals surface area contributed by atoms with E-state index in [0.29, 0.717) is 12.5 Å². The first-order valence-corrected chi connectivity index (χ1v) is 5.67. The third-order valence-electron chi connectivity index (χ3n) is 2.38. The third-order valence-corrected chi connectivity index (χ3v) is 2.38. The van der Waals surface area contributed by atoms with Crippen LogP contribution in [0.1, 0.15) is 40.0 Å². The lowest BCUT2D eigenvalue weighted by Gasteiger charge is -2.20. The molecule has 1 amide bonds. The maximum absolute atomic E-state index is 11.5. The van der Waals surface area contributed by atoms with Crippen LogP contribution in [-0.2, 0) is 4.79 Å². The second-order valence-corrected chi connectivity index (χ2v) is 5.13. The summed E-state index contributed by atoms with van der Waals surface area (Å²) in [4.78, 5) is 11.5. The minimum absolute atomic E-state index is 0.0925. The van der Waals surface area contributed by atoms with Gasteiger partial charge < -0.3 is 10.6 Å². The van der Waals surface area contributed by atoms with Gasteiger partial charge in [-0.15, -0.1) is 0 Å². The van der Waals surface area contributed by atoms with Crippen molar-refractivity contribution in [3.63, 3.8) is 0 Å². The van der Waals surface area contributed by atoms with Crippen molar-refractivity contribution in [1.29, 1.82) is 0 Å².